The molecule has 0 unspecified atom stereocenters. The summed E-state index contributed by atoms with van der Waals surface area (Å²) < 4.78 is 53.9. The molecule has 0 radical (unpaired) electrons. The Bertz CT molecular complexity index is 1240. The fourth-order valence-corrected chi connectivity index (χ4v) is 6.57. The van der Waals surface area contributed by atoms with Gasteiger partial charge >= 0.3 is 23.9 Å². The van der Waals surface area contributed by atoms with E-state index in [4.69, 9.17) is 23.7 Å². The van der Waals surface area contributed by atoms with Crippen LogP contribution in [-0.2, 0) is 52.7 Å². The average molecular weight is 558 g/mol. The van der Waals surface area contributed by atoms with Gasteiger partial charge in [0.25, 0.3) is 0 Å². The average Bonchev–Trinajstić information content (AvgIpc) is 3.24. The largest absolute Gasteiger partial charge is 0.463 e. The molecule has 0 spiro atoms. The normalized spacial score (nSPS) is 23.7. The summed E-state index contributed by atoms with van der Waals surface area (Å²) in [6.07, 6.45) is -6.43. The van der Waals surface area contributed by atoms with E-state index in [0.29, 0.717) is 10.2 Å². The Kier molecular flexibility index (Phi) is 9.21. The SMILES string of the molecule is CC(=O)OC[C@H]1O[C@H](CCS(=O)(=O)c2nc3ccccc3s2)[C@H](OC(C)=O)[C@@H](OC(C)=O)[C@H]1OC(C)=O. The van der Waals surface area contributed by atoms with E-state index in [0.717, 1.165) is 39.0 Å². The summed E-state index contributed by atoms with van der Waals surface area (Å²) in [6.45, 7) is 4.12. The first kappa shape index (κ1) is 28.5. The van der Waals surface area contributed by atoms with Gasteiger partial charge in [-0.1, -0.05) is 12.1 Å². The van der Waals surface area contributed by atoms with Gasteiger partial charge in [0.05, 0.1) is 16.0 Å². The van der Waals surface area contributed by atoms with Gasteiger partial charge in [-0.2, -0.15) is 0 Å². The smallest absolute Gasteiger partial charge is 0.303 e. The molecule has 14 heteroatoms. The Morgan fingerprint density at radius 3 is 2.00 bits per heavy atom. The van der Waals surface area contributed by atoms with Crippen molar-refractivity contribution in [2.75, 3.05) is 12.4 Å². The summed E-state index contributed by atoms with van der Waals surface area (Å²) in [5.41, 5.74) is 0.540. The van der Waals surface area contributed by atoms with Crippen molar-refractivity contribution >= 4 is 55.3 Å². The van der Waals surface area contributed by atoms with E-state index in [2.05, 4.69) is 4.98 Å². The van der Waals surface area contributed by atoms with Crippen LogP contribution in [-0.4, -0.2) is 80.2 Å². The summed E-state index contributed by atoms with van der Waals surface area (Å²) >= 11 is 1.02. The van der Waals surface area contributed by atoms with Crippen LogP contribution in [0.1, 0.15) is 34.1 Å². The molecule has 0 bridgehead atoms. The van der Waals surface area contributed by atoms with Crippen LogP contribution < -0.4 is 0 Å². The third-order valence-electron chi connectivity index (χ3n) is 5.30. The number of carbonyl (C=O) groups is 4. The van der Waals surface area contributed by atoms with Crippen molar-refractivity contribution in [1.82, 2.24) is 4.98 Å². The Hall–Kier alpha value is -3.10. The third kappa shape index (κ3) is 7.46. The maximum atomic E-state index is 13.1. The first-order chi connectivity index (χ1) is 17.4. The van der Waals surface area contributed by atoms with Gasteiger partial charge < -0.3 is 23.7 Å². The molecule has 0 N–H and O–H groups in total. The minimum absolute atomic E-state index is 0.0839. The topological polar surface area (TPSA) is 161 Å². The van der Waals surface area contributed by atoms with E-state index in [-0.39, 0.29) is 17.4 Å². The van der Waals surface area contributed by atoms with Gasteiger partial charge in [0.15, 0.2) is 18.3 Å². The first-order valence-corrected chi connectivity index (χ1v) is 13.7. The molecule has 1 aromatic carbocycles. The zero-order valence-corrected chi connectivity index (χ0v) is 22.2. The molecule has 5 atom stereocenters. The van der Waals surface area contributed by atoms with Gasteiger partial charge in [0, 0.05) is 27.7 Å². The Morgan fingerprint density at radius 1 is 0.865 bits per heavy atom. The van der Waals surface area contributed by atoms with Crippen LogP contribution in [0.25, 0.3) is 10.2 Å². The monoisotopic (exact) mass is 557 g/mol. The van der Waals surface area contributed by atoms with E-state index in [1.165, 1.54) is 0 Å². The predicted molar refractivity (Wildman–Crippen MR) is 128 cm³/mol. The van der Waals surface area contributed by atoms with Crippen molar-refractivity contribution in [3.05, 3.63) is 24.3 Å². The molecule has 1 aliphatic rings. The van der Waals surface area contributed by atoms with Crippen LogP contribution in [0.4, 0.5) is 0 Å². The van der Waals surface area contributed by atoms with Crippen molar-refractivity contribution in [3.8, 4) is 0 Å². The highest BCUT2D eigenvalue weighted by Crippen LogP contribution is 2.32. The van der Waals surface area contributed by atoms with Gasteiger partial charge in [0.1, 0.15) is 18.8 Å². The van der Waals surface area contributed by atoms with Gasteiger partial charge in [-0.05, 0) is 18.6 Å². The van der Waals surface area contributed by atoms with E-state index < -0.39 is 70.0 Å². The summed E-state index contributed by atoms with van der Waals surface area (Å²) in [5, 5.41) is 0. The summed E-state index contributed by atoms with van der Waals surface area (Å²) in [4.78, 5) is 51.3. The Morgan fingerprint density at radius 2 is 1.43 bits per heavy atom. The van der Waals surface area contributed by atoms with E-state index in [9.17, 15) is 27.6 Å². The molecular formula is C23H27NO11S2. The zero-order chi connectivity index (χ0) is 27.3. The zero-order valence-electron chi connectivity index (χ0n) is 20.6. The number of aromatic nitrogens is 1. The number of benzene rings is 1. The van der Waals surface area contributed by atoms with E-state index in [1.807, 2.05) is 0 Å². The third-order valence-corrected chi connectivity index (χ3v) is 8.54. The fourth-order valence-electron chi connectivity index (χ4n) is 3.89. The predicted octanol–water partition coefficient (Wildman–Crippen LogP) is 1.59. The second kappa shape index (κ2) is 12.0. The second-order valence-corrected chi connectivity index (χ2v) is 11.6. The van der Waals surface area contributed by atoms with Crippen molar-refractivity contribution in [3.63, 3.8) is 0 Å². The number of nitrogens with zero attached hydrogens (tertiary/aromatic N) is 1. The number of sulfone groups is 1. The summed E-state index contributed by atoms with van der Waals surface area (Å²) in [5.74, 6) is -3.37. The molecule has 1 aliphatic heterocycles. The lowest BCUT2D eigenvalue weighted by molar-refractivity contribution is -0.252. The number of ether oxygens (including phenoxy) is 5. The molecule has 0 saturated carbocycles. The van der Waals surface area contributed by atoms with Crippen LogP contribution in [0.2, 0.25) is 0 Å². The highest BCUT2D eigenvalue weighted by atomic mass is 32.2. The Balaban J connectivity index is 1.92. The van der Waals surface area contributed by atoms with Crippen LogP contribution in [0.3, 0.4) is 0 Å². The molecule has 3 rings (SSSR count). The number of rotatable bonds is 9. The number of para-hydroxylation sites is 1. The minimum Gasteiger partial charge on any atom is -0.463 e. The number of hydrogen-bond acceptors (Lipinski definition) is 13. The number of carbonyl (C=O) groups excluding carboxylic acids is 4. The number of fused-ring (bicyclic) bond motifs is 1. The highest BCUT2D eigenvalue weighted by molar-refractivity contribution is 7.93. The van der Waals surface area contributed by atoms with Crippen molar-refractivity contribution in [1.29, 1.82) is 0 Å². The molecule has 2 heterocycles. The molecule has 1 aromatic heterocycles. The van der Waals surface area contributed by atoms with Crippen molar-refractivity contribution < 1.29 is 51.3 Å². The molecular weight excluding hydrogens is 530 g/mol. The first-order valence-electron chi connectivity index (χ1n) is 11.3. The van der Waals surface area contributed by atoms with Crippen LogP contribution in [0.15, 0.2) is 28.6 Å². The molecule has 0 amide bonds. The Labute approximate surface area is 217 Å². The standard InChI is InChI=1S/C23H27NO11S2/c1-12(25)31-11-18-21(33-14(3)27)22(34-15(4)28)20(32-13(2)26)17(35-18)9-10-37(29,30)23-24-16-7-5-6-8-19(16)36-23/h5-8,17-18,20-22H,9-11H2,1-4H3/t17-,18-,20+,21+,22-/m1/s1. The number of hydrogen-bond donors (Lipinski definition) is 0. The molecule has 2 aromatic rings. The maximum absolute atomic E-state index is 13.1. The molecule has 37 heavy (non-hydrogen) atoms. The molecule has 0 aliphatic carbocycles. The summed E-state index contributed by atoms with van der Waals surface area (Å²) in [7, 11) is -3.88. The lowest BCUT2D eigenvalue weighted by Gasteiger charge is -2.44. The van der Waals surface area contributed by atoms with Gasteiger partial charge in [-0.3, -0.25) is 19.2 Å². The summed E-state index contributed by atoms with van der Waals surface area (Å²) in [6, 6.07) is 6.97. The number of esters is 4. The quantitative estimate of drug-likeness (QED) is 0.324. The minimum atomic E-state index is -3.88. The fraction of sp³-hybridized carbons (Fsp3) is 0.522. The molecule has 1 saturated heterocycles. The van der Waals surface area contributed by atoms with Gasteiger partial charge in [-0.15, -0.1) is 11.3 Å². The molecule has 202 valence electrons. The number of thiazole rings is 1. The van der Waals surface area contributed by atoms with Crippen LogP contribution in [0.5, 0.6) is 0 Å². The van der Waals surface area contributed by atoms with Gasteiger partial charge in [-0.25, -0.2) is 13.4 Å². The van der Waals surface area contributed by atoms with Crippen LogP contribution in [0, 0.1) is 0 Å². The molecule has 1 fully saturated rings. The maximum Gasteiger partial charge on any atom is 0.303 e. The van der Waals surface area contributed by atoms with E-state index >= 15 is 0 Å². The van der Waals surface area contributed by atoms with Gasteiger partial charge in [0.2, 0.25) is 14.2 Å². The van der Waals surface area contributed by atoms with Crippen LogP contribution >= 0.6 is 11.3 Å². The van der Waals surface area contributed by atoms with Crippen molar-refractivity contribution in [2.24, 2.45) is 0 Å². The van der Waals surface area contributed by atoms with Crippen molar-refractivity contribution in [2.45, 2.75) is 69.0 Å². The van der Waals surface area contributed by atoms with E-state index in [1.54, 1.807) is 24.3 Å². The molecule has 12 nitrogen and oxygen atoms in total. The lowest BCUT2D eigenvalue weighted by Crippen LogP contribution is -2.62. The highest BCUT2D eigenvalue weighted by Gasteiger charge is 2.52. The lowest BCUT2D eigenvalue weighted by atomic mass is 9.93. The second-order valence-electron chi connectivity index (χ2n) is 8.29.